The van der Waals surface area contributed by atoms with E-state index in [4.69, 9.17) is 4.74 Å². The number of rotatable bonds is 1. The van der Waals surface area contributed by atoms with Gasteiger partial charge in [0.1, 0.15) is 0 Å². The van der Waals surface area contributed by atoms with Gasteiger partial charge in [0, 0.05) is 0 Å². The summed E-state index contributed by atoms with van der Waals surface area (Å²) in [5.74, 6) is -0.282. The first kappa shape index (κ1) is 6.55. The largest absolute Gasteiger partial charge is 0.467 e. The van der Waals surface area contributed by atoms with Crippen LogP contribution in [0.25, 0.3) is 0 Å². The smallest absolute Gasteiger partial charge is 0.340 e. The van der Waals surface area contributed by atoms with E-state index in [-0.39, 0.29) is 12.1 Å². The average Bonchev–Trinajstić information content (AvgIpc) is 2.41. The molecule has 1 saturated heterocycles. The van der Waals surface area contributed by atoms with Crippen molar-refractivity contribution in [2.45, 2.75) is 25.6 Å². The van der Waals surface area contributed by atoms with Gasteiger partial charge >= 0.3 is 5.97 Å². The van der Waals surface area contributed by atoms with Crippen LogP contribution < -0.4 is 0 Å². The lowest BCUT2D eigenvalue weighted by atomic mass is 10.1. The van der Waals surface area contributed by atoms with Crippen molar-refractivity contribution in [3.63, 3.8) is 0 Å². The molecule has 0 aromatic heterocycles. The van der Waals surface area contributed by atoms with Crippen LogP contribution in [0.4, 0.5) is 0 Å². The predicted molar refractivity (Wildman–Crippen MR) is 31.0 cm³/mol. The van der Waals surface area contributed by atoms with Gasteiger partial charge < -0.3 is 9.47 Å². The third kappa shape index (κ3) is 0.812. The van der Waals surface area contributed by atoms with Gasteiger partial charge in [-0.1, -0.05) is 0 Å². The van der Waals surface area contributed by atoms with E-state index >= 15 is 0 Å². The van der Waals surface area contributed by atoms with Gasteiger partial charge in [0.2, 0.25) is 0 Å². The van der Waals surface area contributed by atoms with Gasteiger partial charge in [-0.15, -0.1) is 0 Å². The Hall–Kier alpha value is -0.570. The molecule has 1 heterocycles. The normalized spacial score (nSPS) is 40.1. The number of methoxy groups -OCH3 is 1. The van der Waals surface area contributed by atoms with Crippen LogP contribution in [0, 0.1) is 0 Å². The van der Waals surface area contributed by atoms with Gasteiger partial charge in [-0.05, 0) is 13.8 Å². The molecule has 3 nitrogen and oxygen atoms in total. The molecule has 0 radical (unpaired) electrons. The molecule has 0 N–H and O–H groups in total. The van der Waals surface area contributed by atoms with Crippen molar-refractivity contribution in [3.8, 4) is 0 Å². The van der Waals surface area contributed by atoms with Crippen molar-refractivity contribution in [3.05, 3.63) is 0 Å². The summed E-state index contributed by atoms with van der Waals surface area (Å²) in [6.45, 7) is 3.57. The molecule has 0 unspecified atom stereocenters. The number of epoxide rings is 1. The van der Waals surface area contributed by atoms with Crippen LogP contribution in [0.15, 0.2) is 0 Å². The zero-order chi connectivity index (χ0) is 7.07. The SMILES string of the molecule is COC(=O)[C@]1(C)O[C@H]1C. The van der Waals surface area contributed by atoms with Crippen LogP contribution in [0.3, 0.4) is 0 Å². The first-order valence-corrected chi connectivity index (χ1v) is 2.87. The van der Waals surface area contributed by atoms with E-state index in [2.05, 4.69) is 4.74 Å². The Morgan fingerprint density at radius 1 is 1.78 bits per heavy atom. The van der Waals surface area contributed by atoms with Crippen LogP contribution >= 0.6 is 0 Å². The second kappa shape index (κ2) is 1.70. The number of carbonyl (C=O) groups is 1. The fourth-order valence-electron chi connectivity index (χ4n) is 0.750. The summed E-state index contributed by atoms with van der Waals surface area (Å²) < 4.78 is 9.47. The molecule has 0 spiro atoms. The lowest BCUT2D eigenvalue weighted by molar-refractivity contribution is -0.146. The quantitative estimate of drug-likeness (QED) is 0.379. The molecule has 0 saturated carbocycles. The second-order valence-electron chi connectivity index (χ2n) is 2.36. The predicted octanol–water partition coefficient (Wildman–Crippen LogP) is 0.337. The summed E-state index contributed by atoms with van der Waals surface area (Å²) in [4.78, 5) is 10.8. The van der Waals surface area contributed by atoms with E-state index in [1.54, 1.807) is 6.92 Å². The van der Waals surface area contributed by atoms with Crippen LogP contribution in [-0.2, 0) is 14.3 Å². The molecule has 1 fully saturated rings. The van der Waals surface area contributed by atoms with E-state index in [0.717, 1.165) is 0 Å². The lowest BCUT2D eigenvalue weighted by Gasteiger charge is -2.00. The molecule has 1 rings (SSSR count). The van der Waals surface area contributed by atoms with E-state index in [9.17, 15) is 4.79 Å². The first-order chi connectivity index (χ1) is 4.11. The number of hydrogen-bond acceptors (Lipinski definition) is 3. The Kier molecular flexibility index (Phi) is 1.24. The van der Waals surface area contributed by atoms with Gasteiger partial charge in [0.15, 0.2) is 5.60 Å². The highest BCUT2D eigenvalue weighted by Crippen LogP contribution is 2.36. The van der Waals surface area contributed by atoms with E-state index in [1.807, 2.05) is 6.92 Å². The van der Waals surface area contributed by atoms with Crippen molar-refractivity contribution in [1.29, 1.82) is 0 Å². The van der Waals surface area contributed by atoms with E-state index < -0.39 is 5.60 Å². The fraction of sp³-hybridized carbons (Fsp3) is 0.833. The van der Waals surface area contributed by atoms with Crippen molar-refractivity contribution in [1.82, 2.24) is 0 Å². The zero-order valence-corrected chi connectivity index (χ0v) is 5.80. The average molecular weight is 130 g/mol. The van der Waals surface area contributed by atoms with Crippen molar-refractivity contribution >= 4 is 5.97 Å². The van der Waals surface area contributed by atoms with Crippen LogP contribution in [0.5, 0.6) is 0 Å². The van der Waals surface area contributed by atoms with Crippen molar-refractivity contribution in [2.24, 2.45) is 0 Å². The topological polar surface area (TPSA) is 38.8 Å². The van der Waals surface area contributed by atoms with E-state index in [1.165, 1.54) is 7.11 Å². The summed E-state index contributed by atoms with van der Waals surface area (Å²) in [6, 6.07) is 0. The second-order valence-corrected chi connectivity index (χ2v) is 2.36. The number of esters is 1. The standard InChI is InChI=1S/C6H10O3/c1-4-6(2,9-4)5(7)8-3/h4H,1-3H3/t4-,6+/m0/s1. The van der Waals surface area contributed by atoms with E-state index in [0.29, 0.717) is 0 Å². The first-order valence-electron chi connectivity index (χ1n) is 2.87. The molecule has 9 heavy (non-hydrogen) atoms. The fourth-order valence-corrected chi connectivity index (χ4v) is 0.750. The highest BCUT2D eigenvalue weighted by molar-refractivity contribution is 5.82. The monoisotopic (exact) mass is 130 g/mol. The van der Waals surface area contributed by atoms with Crippen molar-refractivity contribution in [2.75, 3.05) is 7.11 Å². The molecule has 1 aliphatic heterocycles. The number of hydrogen-bond donors (Lipinski definition) is 0. The molecule has 0 amide bonds. The minimum absolute atomic E-state index is 0.0185. The molecule has 0 aliphatic carbocycles. The third-order valence-corrected chi connectivity index (χ3v) is 1.73. The summed E-state index contributed by atoms with van der Waals surface area (Å²) >= 11 is 0. The molecule has 0 aromatic rings. The maximum absolute atomic E-state index is 10.8. The Bertz CT molecular complexity index is 143. The molecule has 0 aromatic carbocycles. The van der Waals surface area contributed by atoms with Gasteiger partial charge in [0.25, 0.3) is 0 Å². The van der Waals surface area contributed by atoms with Gasteiger partial charge in [-0.25, -0.2) is 4.79 Å². The van der Waals surface area contributed by atoms with Crippen LogP contribution in [-0.4, -0.2) is 24.8 Å². The molecule has 2 atom stereocenters. The number of carbonyl (C=O) groups excluding carboxylic acids is 1. The molecule has 52 valence electrons. The summed E-state index contributed by atoms with van der Waals surface area (Å²) in [5, 5.41) is 0. The molecule has 0 bridgehead atoms. The third-order valence-electron chi connectivity index (χ3n) is 1.73. The molecule has 1 aliphatic rings. The van der Waals surface area contributed by atoms with Crippen molar-refractivity contribution < 1.29 is 14.3 Å². The Morgan fingerprint density at radius 3 is 2.33 bits per heavy atom. The maximum Gasteiger partial charge on any atom is 0.340 e. The van der Waals surface area contributed by atoms with Gasteiger partial charge in [-0.2, -0.15) is 0 Å². The van der Waals surface area contributed by atoms with Crippen LogP contribution in [0.2, 0.25) is 0 Å². The zero-order valence-electron chi connectivity index (χ0n) is 5.80. The minimum Gasteiger partial charge on any atom is -0.467 e. The van der Waals surface area contributed by atoms with Crippen LogP contribution in [0.1, 0.15) is 13.8 Å². The van der Waals surface area contributed by atoms with Gasteiger partial charge in [-0.3, -0.25) is 0 Å². The Morgan fingerprint density at radius 2 is 2.22 bits per heavy atom. The highest BCUT2D eigenvalue weighted by atomic mass is 16.7. The van der Waals surface area contributed by atoms with Gasteiger partial charge in [0.05, 0.1) is 13.2 Å². The lowest BCUT2D eigenvalue weighted by Crippen LogP contribution is -2.23. The molecular weight excluding hydrogens is 120 g/mol. The summed E-state index contributed by atoms with van der Waals surface area (Å²) in [6.07, 6.45) is 0.0185. The Balaban J connectivity index is 2.53. The highest BCUT2D eigenvalue weighted by Gasteiger charge is 2.56. The minimum atomic E-state index is -0.644. The summed E-state index contributed by atoms with van der Waals surface area (Å²) in [5.41, 5.74) is -0.644. The molecular formula is C6H10O3. The Labute approximate surface area is 53.9 Å². The number of ether oxygens (including phenoxy) is 2. The molecule has 3 heteroatoms. The maximum atomic E-state index is 10.8. The summed E-state index contributed by atoms with van der Waals surface area (Å²) in [7, 11) is 1.36.